The maximum Gasteiger partial charge on any atom is 0.254 e. The number of nitrogens with one attached hydrogen (secondary N) is 2. The molecule has 3 aromatic rings. The van der Waals surface area contributed by atoms with Crippen LogP contribution in [-0.2, 0) is 16.1 Å². The number of amides is 2. The number of ether oxygens (including phenoxy) is 1. The molecule has 0 saturated carbocycles. The molecule has 154 valence electrons. The number of benzene rings is 2. The minimum atomic E-state index is -0.430. The van der Waals surface area contributed by atoms with E-state index in [0.29, 0.717) is 22.8 Å². The van der Waals surface area contributed by atoms with E-state index in [1.807, 2.05) is 31.2 Å². The zero-order valence-corrected chi connectivity index (χ0v) is 16.9. The van der Waals surface area contributed by atoms with Gasteiger partial charge in [-0.2, -0.15) is 0 Å². The number of hydrogen-bond acceptors (Lipinski definition) is 5. The highest BCUT2D eigenvalue weighted by Crippen LogP contribution is 2.27. The fraction of sp³-hybridized carbons (Fsp3) is 0.182. The van der Waals surface area contributed by atoms with E-state index in [1.54, 1.807) is 18.2 Å². The molecule has 0 atom stereocenters. The Bertz CT molecular complexity index is 1140. The van der Waals surface area contributed by atoms with Crippen molar-refractivity contribution in [3.8, 4) is 17.0 Å². The predicted octanol–water partition coefficient (Wildman–Crippen LogP) is 2.82. The first kappa shape index (κ1) is 20.8. The van der Waals surface area contributed by atoms with Gasteiger partial charge in [0.05, 0.1) is 24.8 Å². The number of carbonyl (C=O) groups is 2. The van der Waals surface area contributed by atoms with Crippen molar-refractivity contribution in [2.45, 2.75) is 20.4 Å². The first-order chi connectivity index (χ1) is 14.4. The summed E-state index contributed by atoms with van der Waals surface area (Å²) in [7, 11) is 1.47. The average Bonchev–Trinajstić information content (AvgIpc) is 2.70. The molecule has 8 nitrogen and oxygen atoms in total. The first-order valence-electron chi connectivity index (χ1n) is 9.24. The molecule has 30 heavy (non-hydrogen) atoms. The highest BCUT2D eigenvalue weighted by molar-refractivity contribution is 5.94. The number of hydrogen-bond donors (Lipinski definition) is 2. The van der Waals surface area contributed by atoms with Crippen molar-refractivity contribution < 1.29 is 14.3 Å². The Morgan fingerprint density at radius 2 is 1.80 bits per heavy atom. The van der Waals surface area contributed by atoms with Gasteiger partial charge < -0.3 is 15.4 Å². The Hall–Kier alpha value is -3.94. The number of carbonyl (C=O) groups excluding carboxylic acids is 2. The van der Waals surface area contributed by atoms with Gasteiger partial charge in [0, 0.05) is 24.2 Å². The number of rotatable bonds is 6. The van der Waals surface area contributed by atoms with Crippen LogP contribution in [0.4, 0.5) is 11.4 Å². The lowest BCUT2D eigenvalue weighted by molar-refractivity contribution is -0.117. The molecular weight excluding hydrogens is 384 g/mol. The maximum absolute atomic E-state index is 12.5. The summed E-state index contributed by atoms with van der Waals surface area (Å²) < 4.78 is 6.46. The van der Waals surface area contributed by atoms with Crippen LogP contribution in [0, 0.1) is 6.92 Å². The van der Waals surface area contributed by atoms with Gasteiger partial charge in [0.25, 0.3) is 5.56 Å². The Morgan fingerprint density at radius 3 is 2.43 bits per heavy atom. The van der Waals surface area contributed by atoms with Crippen LogP contribution in [0.1, 0.15) is 12.5 Å². The van der Waals surface area contributed by atoms with Gasteiger partial charge in [0.15, 0.2) is 0 Å². The Labute approximate surface area is 173 Å². The van der Waals surface area contributed by atoms with E-state index in [2.05, 4.69) is 15.6 Å². The standard InChI is InChI=1S/C22H22N4O4/c1-14-4-6-16(7-5-14)18-11-22(29)26(13-23-18)12-21(28)25-19-10-17(24-15(2)27)8-9-20(19)30-3/h4-11,13H,12H2,1-3H3,(H,24,27)(H,25,28). The number of anilines is 2. The smallest absolute Gasteiger partial charge is 0.254 e. The molecule has 0 aliphatic carbocycles. The van der Waals surface area contributed by atoms with Crippen LogP contribution in [0.3, 0.4) is 0 Å². The molecule has 0 fully saturated rings. The number of aromatic nitrogens is 2. The lowest BCUT2D eigenvalue weighted by Crippen LogP contribution is -2.27. The van der Waals surface area contributed by atoms with Crippen molar-refractivity contribution in [3.63, 3.8) is 0 Å². The van der Waals surface area contributed by atoms with Crippen LogP contribution in [0.2, 0.25) is 0 Å². The molecular formula is C22H22N4O4. The molecule has 0 unspecified atom stereocenters. The van der Waals surface area contributed by atoms with Crippen molar-refractivity contribution in [3.05, 3.63) is 70.8 Å². The molecule has 0 radical (unpaired) electrons. The number of methoxy groups -OCH3 is 1. The van der Waals surface area contributed by atoms with Gasteiger partial charge in [-0.25, -0.2) is 4.98 Å². The molecule has 2 aromatic carbocycles. The lowest BCUT2D eigenvalue weighted by Gasteiger charge is -2.13. The molecule has 2 amide bonds. The molecule has 2 N–H and O–H groups in total. The maximum atomic E-state index is 12.5. The fourth-order valence-electron chi connectivity index (χ4n) is 2.86. The third-order valence-electron chi connectivity index (χ3n) is 4.33. The third-order valence-corrected chi connectivity index (χ3v) is 4.33. The van der Waals surface area contributed by atoms with Crippen molar-refractivity contribution in [2.75, 3.05) is 17.7 Å². The normalized spacial score (nSPS) is 10.4. The quantitative estimate of drug-likeness (QED) is 0.655. The summed E-state index contributed by atoms with van der Waals surface area (Å²) in [6, 6.07) is 13.9. The summed E-state index contributed by atoms with van der Waals surface area (Å²) in [5.41, 5.74) is 3.04. The molecule has 0 spiro atoms. The Morgan fingerprint density at radius 1 is 1.07 bits per heavy atom. The van der Waals surface area contributed by atoms with Gasteiger partial charge in [-0.3, -0.25) is 19.0 Å². The molecule has 0 saturated heterocycles. The second kappa shape index (κ2) is 9.04. The summed E-state index contributed by atoms with van der Waals surface area (Å²) in [5, 5.41) is 5.34. The van der Waals surface area contributed by atoms with Crippen molar-refractivity contribution in [1.29, 1.82) is 0 Å². The van der Waals surface area contributed by atoms with Gasteiger partial charge in [-0.15, -0.1) is 0 Å². The Kier molecular flexibility index (Phi) is 6.26. The van der Waals surface area contributed by atoms with Crippen LogP contribution in [0.25, 0.3) is 11.3 Å². The topological polar surface area (TPSA) is 102 Å². The summed E-state index contributed by atoms with van der Waals surface area (Å²) in [6.45, 7) is 3.16. The van der Waals surface area contributed by atoms with Crippen LogP contribution in [-0.4, -0.2) is 28.5 Å². The van der Waals surface area contributed by atoms with E-state index in [4.69, 9.17) is 4.74 Å². The predicted molar refractivity (Wildman–Crippen MR) is 115 cm³/mol. The van der Waals surface area contributed by atoms with E-state index in [9.17, 15) is 14.4 Å². The zero-order valence-electron chi connectivity index (χ0n) is 16.9. The van der Waals surface area contributed by atoms with Crippen LogP contribution < -0.4 is 20.9 Å². The van der Waals surface area contributed by atoms with Crippen molar-refractivity contribution >= 4 is 23.2 Å². The van der Waals surface area contributed by atoms with E-state index >= 15 is 0 Å². The molecule has 1 aromatic heterocycles. The summed E-state index contributed by atoms with van der Waals surface area (Å²) in [6.07, 6.45) is 1.35. The average molecular weight is 406 g/mol. The second-order valence-corrected chi connectivity index (χ2v) is 6.75. The summed E-state index contributed by atoms with van der Waals surface area (Å²) in [4.78, 5) is 40.5. The highest BCUT2D eigenvalue weighted by Gasteiger charge is 2.11. The fourth-order valence-corrected chi connectivity index (χ4v) is 2.86. The van der Waals surface area contributed by atoms with Crippen LogP contribution >= 0.6 is 0 Å². The second-order valence-electron chi connectivity index (χ2n) is 6.75. The largest absolute Gasteiger partial charge is 0.495 e. The molecule has 1 heterocycles. The molecule has 0 bridgehead atoms. The van der Waals surface area contributed by atoms with E-state index < -0.39 is 5.91 Å². The van der Waals surface area contributed by atoms with E-state index in [1.165, 1.54) is 31.0 Å². The SMILES string of the molecule is COc1ccc(NC(C)=O)cc1NC(=O)Cn1cnc(-c2ccc(C)cc2)cc1=O. The van der Waals surface area contributed by atoms with E-state index in [0.717, 1.165) is 11.1 Å². The van der Waals surface area contributed by atoms with Gasteiger partial charge in [0.2, 0.25) is 11.8 Å². The molecule has 8 heteroatoms. The van der Waals surface area contributed by atoms with Crippen LogP contribution in [0.5, 0.6) is 5.75 Å². The molecule has 0 aliphatic heterocycles. The van der Waals surface area contributed by atoms with E-state index in [-0.39, 0.29) is 18.0 Å². The van der Waals surface area contributed by atoms with Crippen molar-refractivity contribution in [2.24, 2.45) is 0 Å². The van der Waals surface area contributed by atoms with Gasteiger partial charge in [-0.05, 0) is 25.1 Å². The van der Waals surface area contributed by atoms with Crippen molar-refractivity contribution in [1.82, 2.24) is 9.55 Å². The monoisotopic (exact) mass is 406 g/mol. The summed E-state index contributed by atoms with van der Waals surface area (Å²) in [5.74, 6) is -0.235. The molecule has 0 aliphatic rings. The van der Waals surface area contributed by atoms with Gasteiger partial charge >= 0.3 is 0 Å². The lowest BCUT2D eigenvalue weighted by atomic mass is 10.1. The molecule has 3 rings (SSSR count). The minimum Gasteiger partial charge on any atom is -0.495 e. The van der Waals surface area contributed by atoms with Gasteiger partial charge in [-0.1, -0.05) is 29.8 Å². The Balaban J connectivity index is 1.75. The minimum absolute atomic E-state index is 0.215. The number of aryl methyl sites for hydroxylation is 1. The third kappa shape index (κ3) is 5.11. The zero-order chi connectivity index (χ0) is 21.7. The first-order valence-corrected chi connectivity index (χ1v) is 9.24. The number of nitrogens with zero attached hydrogens (tertiary/aromatic N) is 2. The summed E-state index contributed by atoms with van der Waals surface area (Å²) >= 11 is 0. The highest BCUT2D eigenvalue weighted by atomic mass is 16.5. The van der Waals surface area contributed by atoms with Crippen LogP contribution in [0.15, 0.2) is 59.7 Å². The van der Waals surface area contributed by atoms with Gasteiger partial charge in [0.1, 0.15) is 12.3 Å².